The average molecular weight is 764 g/mol. The highest BCUT2D eigenvalue weighted by molar-refractivity contribution is 8.18. The molecule has 1 spiro atoms. The van der Waals surface area contributed by atoms with Crippen LogP contribution in [0.4, 0.5) is 13.2 Å². The lowest BCUT2D eigenvalue weighted by atomic mass is 9.80. The summed E-state index contributed by atoms with van der Waals surface area (Å²) in [5.41, 5.74) is 1.81. The monoisotopic (exact) mass is 762 g/mol. The van der Waals surface area contributed by atoms with Crippen molar-refractivity contribution in [1.29, 1.82) is 0 Å². The third kappa shape index (κ3) is 6.00. The first kappa shape index (κ1) is 36.1. The van der Waals surface area contributed by atoms with Crippen LogP contribution in [0.1, 0.15) is 76.1 Å². The fourth-order valence-electron chi connectivity index (χ4n) is 8.33. The van der Waals surface area contributed by atoms with Crippen LogP contribution in [0.15, 0.2) is 52.1 Å². The number of pyridine rings is 1. The summed E-state index contributed by atoms with van der Waals surface area (Å²) in [5.74, 6) is -2.52. The molecule has 51 heavy (non-hydrogen) atoms. The van der Waals surface area contributed by atoms with Crippen molar-refractivity contribution in [2.24, 2.45) is 10.9 Å². The van der Waals surface area contributed by atoms with Crippen molar-refractivity contribution in [3.63, 3.8) is 0 Å². The number of allylic oxidation sites excluding steroid dienone is 1. The van der Waals surface area contributed by atoms with Gasteiger partial charge in [0.25, 0.3) is 5.91 Å². The Bertz CT molecular complexity index is 1870. The number of piperazine rings is 1. The van der Waals surface area contributed by atoms with Crippen molar-refractivity contribution in [3.05, 3.63) is 74.0 Å². The molecule has 4 aliphatic heterocycles. The predicted octanol–water partition coefficient (Wildman–Crippen LogP) is 7.08. The fourth-order valence-corrected chi connectivity index (χ4v) is 10.0. The fraction of sp³-hybridized carbons (Fsp3) is 0.528. The highest BCUT2D eigenvalue weighted by atomic mass is 35.5. The summed E-state index contributed by atoms with van der Waals surface area (Å²) < 4.78 is 40.1. The van der Waals surface area contributed by atoms with Gasteiger partial charge in [-0.15, -0.1) is 0 Å². The van der Waals surface area contributed by atoms with E-state index >= 15 is 0 Å². The number of hydrogen-bond donors (Lipinski definition) is 0. The van der Waals surface area contributed by atoms with Gasteiger partial charge in [0, 0.05) is 48.2 Å². The van der Waals surface area contributed by atoms with E-state index in [4.69, 9.17) is 28.2 Å². The number of carbonyl (C=O) groups is 3. The summed E-state index contributed by atoms with van der Waals surface area (Å²) >= 11 is 13.9. The summed E-state index contributed by atoms with van der Waals surface area (Å²) in [4.78, 5) is 57.6. The standard InChI is InChI=1S/C36H39Cl2F3N6O3S/c1-19(2)27-28(51-33-43-34(5,22-7-11-26(38)42-17-22)29(47(27)33)24-9-8-23(37)16-20(24)3)31(49)46-21(4)6-10-25(46)30(48)44-14-15-45(32(50)36(39,40)41)35(18-44)12-13-35/h7-9,11,16-17,19,21,25,29H,6,10,12-15,18H2,1-5H3/t21-,25+,29-,34+/m1/s1. The third-order valence-corrected chi connectivity index (χ3v) is 12.6. The van der Waals surface area contributed by atoms with Gasteiger partial charge in [-0.05, 0) is 93.5 Å². The molecule has 0 N–H and O–H groups in total. The number of aryl methyl sites for hydroxylation is 1. The van der Waals surface area contributed by atoms with Crippen molar-refractivity contribution in [1.82, 2.24) is 24.6 Å². The molecule has 3 amide bonds. The first-order valence-corrected chi connectivity index (χ1v) is 18.7. The molecule has 2 saturated heterocycles. The third-order valence-electron chi connectivity index (χ3n) is 11.1. The smallest absolute Gasteiger partial charge is 0.337 e. The van der Waals surface area contributed by atoms with Gasteiger partial charge in [0.2, 0.25) is 5.91 Å². The number of nitrogens with zero attached hydrogens (tertiary/aromatic N) is 6. The van der Waals surface area contributed by atoms with Crippen molar-refractivity contribution in [2.75, 3.05) is 19.6 Å². The number of fused-ring (bicyclic) bond motifs is 1. The summed E-state index contributed by atoms with van der Waals surface area (Å²) in [5, 5.41) is 1.64. The maximum atomic E-state index is 14.8. The molecule has 3 fully saturated rings. The number of carbonyl (C=O) groups excluding carboxylic acids is 3. The van der Waals surface area contributed by atoms with Gasteiger partial charge in [-0.1, -0.05) is 49.2 Å². The number of aromatic nitrogens is 1. The Morgan fingerprint density at radius 2 is 1.78 bits per heavy atom. The van der Waals surface area contributed by atoms with Crippen LogP contribution in [0.25, 0.3) is 0 Å². The van der Waals surface area contributed by atoms with E-state index in [1.165, 1.54) is 11.8 Å². The molecule has 272 valence electrons. The van der Waals surface area contributed by atoms with Crippen LogP contribution in [-0.2, 0) is 19.9 Å². The first-order valence-electron chi connectivity index (χ1n) is 17.2. The molecule has 4 atom stereocenters. The minimum absolute atomic E-state index is 0.0190. The minimum Gasteiger partial charge on any atom is -0.337 e. The van der Waals surface area contributed by atoms with Crippen molar-refractivity contribution >= 4 is 57.9 Å². The van der Waals surface area contributed by atoms with Gasteiger partial charge >= 0.3 is 12.1 Å². The van der Waals surface area contributed by atoms with E-state index in [0.717, 1.165) is 27.3 Å². The Balaban J connectivity index is 1.22. The van der Waals surface area contributed by atoms with Crippen LogP contribution in [0.5, 0.6) is 0 Å². The Morgan fingerprint density at radius 1 is 1.06 bits per heavy atom. The van der Waals surface area contributed by atoms with Crippen LogP contribution in [0.3, 0.4) is 0 Å². The van der Waals surface area contributed by atoms with Gasteiger partial charge in [0.1, 0.15) is 21.6 Å². The Hall–Kier alpha value is -3.29. The van der Waals surface area contributed by atoms with E-state index in [-0.39, 0.29) is 49.5 Å². The molecule has 0 radical (unpaired) electrons. The zero-order valence-corrected chi connectivity index (χ0v) is 31.3. The Kier molecular flexibility index (Phi) is 8.98. The number of aliphatic imine (C=N–C) groups is 1. The lowest BCUT2D eigenvalue weighted by Crippen LogP contribution is -2.62. The largest absolute Gasteiger partial charge is 0.471 e. The maximum absolute atomic E-state index is 14.8. The highest BCUT2D eigenvalue weighted by Gasteiger charge is 2.60. The van der Waals surface area contributed by atoms with Gasteiger partial charge in [-0.2, -0.15) is 13.2 Å². The zero-order valence-electron chi connectivity index (χ0n) is 28.9. The molecular weight excluding hydrogens is 724 g/mol. The number of alkyl halides is 3. The molecule has 1 aliphatic carbocycles. The van der Waals surface area contributed by atoms with Gasteiger partial charge < -0.3 is 19.6 Å². The van der Waals surface area contributed by atoms with Crippen LogP contribution >= 0.6 is 35.0 Å². The molecule has 5 aliphatic rings. The van der Waals surface area contributed by atoms with E-state index in [1.54, 1.807) is 22.1 Å². The Labute approximate surface area is 309 Å². The van der Waals surface area contributed by atoms with Crippen LogP contribution in [-0.4, -0.2) is 90.9 Å². The molecule has 1 saturated carbocycles. The second-order valence-electron chi connectivity index (χ2n) is 14.7. The predicted molar refractivity (Wildman–Crippen MR) is 190 cm³/mol. The van der Waals surface area contributed by atoms with Crippen molar-refractivity contribution in [2.45, 2.75) is 95.7 Å². The first-order chi connectivity index (χ1) is 24.0. The molecule has 9 nitrogen and oxygen atoms in total. The maximum Gasteiger partial charge on any atom is 0.471 e. The minimum atomic E-state index is -4.97. The van der Waals surface area contributed by atoms with Crippen molar-refractivity contribution in [3.8, 4) is 0 Å². The van der Waals surface area contributed by atoms with Crippen LogP contribution < -0.4 is 0 Å². The van der Waals surface area contributed by atoms with Gasteiger partial charge in [-0.3, -0.25) is 14.4 Å². The molecule has 5 heterocycles. The number of amides is 3. The number of halogens is 5. The summed E-state index contributed by atoms with van der Waals surface area (Å²) in [6, 6.07) is 8.05. The van der Waals surface area contributed by atoms with E-state index in [0.29, 0.717) is 45.9 Å². The molecule has 1 aromatic carbocycles. The molecule has 1 aromatic heterocycles. The summed E-state index contributed by atoms with van der Waals surface area (Å²) in [7, 11) is 0. The second kappa shape index (κ2) is 12.7. The quantitative estimate of drug-likeness (QED) is 0.303. The van der Waals surface area contributed by atoms with E-state index in [1.807, 2.05) is 58.9 Å². The number of hydrogen-bond acceptors (Lipinski definition) is 7. The number of likely N-dealkylation sites (tertiary alicyclic amines) is 1. The normalized spacial score (nSPS) is 27.1. The lowest BCUT2D eigenvalue weighted by molar-refractivity contribution is -0.191. The molecule has 15 heteroatoms. The average Bonchev–Trinajstić information content (AvgIpc) is 3.41. The Morgan fingerprint density at radius 3 is 2.39 bits per heavy atom. The number of benzene rings is 1. The molecular formula is C36H39Cl2F3N6O3S. The van der Waals surface area contributed by atoms with E-state index < -0.39 is 29.2 Å². The summed E-state index contributed by atoms with van der Waals surface area (Å²) in [6.07, 6.45) is -1.39. The van der Waals surface area contributed by atoms with E-state index in [9.17, 15) is 27.6 Å². The molecule has 2 aromatic rings. The summed E-state index contributed by atoms with van der Waals surface area (Å²) in [6.45, 7) is 9.85. The number of amidine groups is 1. The molecule has 0 unspecified atom stereocenters. The van der Waals surface area contributed by atoms with Gasteiger partial charge in [-0.25, -0.2) is 9.98 Å². The highest BCUT2D eigenvalue weighted by Crippen LogP contribution is 2.57. The lowest BCUT2D eigenvalue weighted by Gasteiger charge is -2.43. The van der Waals surface area contributed by atoms with Gasteiger partial charge in [0.05, 0.1) is 11.6 Å². The zero-order chi connectivity index (χ0) is 36.8. The number of rotatable bonds is 5. The van der Waals surface area contributed by atoms with E-state index in [2.05, 4.69) is 9.88 Å². The van der Waals surface area contributed by atoms with Gasteiger partial charge in [0.15, 0.2) is 5.17 Å². The molecule has 0 bridgehead atoms. The molecule has 7 rings (SSSR count). The topological polar surface area (TPSA) is 89.4 Å². The van der Waals surface area contributed by atoms with Crippen LogP contribution in [0, 0.1) is 12.8 Å². The van der Waals surface area contributed by atoms with Crippen LogP contribution in [0.2, 0.25) is 10.2 Å². The van der Waals surface area contributed by atoms with Crippen molar-refractivity contribution < 1.29 is 27.6 Å². The number of thioether (sulfide) groups is 1. The second-order valence-corrected chi connectivity index (χ2v) is 16.6. The SMILES string of the molecule is Cc1cc(Cl)ccc1[C@H]1N2C(=N[C@@]1(C)c1ccc(Cl)nc1)SC(C(=O)N1[C@H](C)CC[C@H]1C(=O)N1CCN(C(=O)C(F)(F)F)C3(CC3)C1)=C2C(C)C.